The van der Waals surface area contributed by atoms with E-state index in [-0.39, 0.29) is 6.01 Å². The van der Waals surface area contributed by atoms with E-state index in [1.54, 1.807) is 18.3 Å². The normalized spacial score (nSPS) is 10.0. The molecule has 0 amide bonds. The van der Waals surface area contributed by atoms with Gasteiger partial charge in [-0.15, -0.1) is 5.10 Å². The highest BCUT2D eigenvalue weighted by atomic mass is 16.3. The van der Waals surface area contributed by atoms with Crippen LogP contribution in [0.3, 0.4) is 0 Å². The number of pyridine rings is 1. The fraction of sp³-hybridized carbons (Fsp3) is 0. The van der Waals surface area contributed by atoms with Crippen LogP contribution in [0, 0.1) is 0 Å². The van der Waals surface area contributed by atoms with Gasteiger partial charge in [0.25, 0.3) is 0 Å². The number of aromatic hydroxyl groups is 1. The van der Waals surface area contributed by atoms with Gasteiger partial charge in [-0.1, -0.05) is 6.07 Å². The van der Waals surface area contributed by atoms with Crippen LogP contribution in [-0.4, -0.2) is 24.9 Å². The number of rotatable bonds is 1. The van der Waals surface area contributed by atoms with Gasteiger partial charge in [0.2, 0.25) is 0 Å². The van der Waals surface area contributed by atoms with Crippen molar-refractivity contribution in [2.24, 2.45) is 0 Å². The van der Waals surface area contributed by atoms with E-state index < -0.39 is 0 Å². The first-order valence-electron chi connectivity index (χ1n) is 3.38. The first kappa shape index (κ1) is 6.78. The van der Waals surface area contributed by atoms with Gasteiger partial charge >= 0.3 is 6.01 Å². The Bertz CT molecular complexity index is 370. The molecule has 0 aliphatic heterocycles. The van der Waals surface area contributed by atoms with Crippen LogP contribution in [0.1, 0.15) is 0 Å². The lowest BCUT2D eigenvalue weighted by Crippen LogP contribution is -1.96. The molecule has 0 aromatic carbocycles. The van der Waals surface area contributed by atoms with Crippen molar-refractivity contribution in [3.8, 4) is 11.8 Å². The summed E-state index contributed by atoms with van der Waals surface area (Å²) in [6, 6.07) is 5.16. The van der Waals surface area contributed by atoms with Gasteiger partial charge < -0.3 is 5.11 Å². The lowest BCUT2D eigenvalue weighted by molar-refractivity contribution is 0.430. The smallest absolute Gasteiger partial charge is 0.333 e. The van der Waals surface area contributed by atoms with Crippen LogP contribution >= 0.6 is 0 Å². The summed E-state index contributed by atoms with van der Waals surface area (Å²) in [7, 11) is 0. The molecule has 2 aromatic rings. The third-order valence-electron chi connectivity index (χ3n) is 1.36. The van der Waals surface area contributed by atoms with Crippen molar-refractivity contribution in [3.05, 3.63) is 30.7 Å². The van der Waals surface area contributed by atoms with Gasteiger partial charge in [-0.3, -0.25) is 0 Å². The van der Waals surface area contributed by atoms with E-state index in [1.807, 2.05) is 6.07 Å². The largest absolute Gasteiger partial charge is 0.478 e. The van der Waals surface area contributed by atoms with Crippen LogP contribution in [0.2, 0.25) is 0 Å². The molecule has 5 heteroatoms. The second-order valence-electron chi connectivity index (χ2n) is 2.18. The fourth-order valence-electron chi connectivity index (χ4n) is 0.854. The molecule has 0 saturated heterocycles. The lowest BCUT2D eigenvalue weighted by Gasteiger charge is -1.95. The van der Waals surface area contributed by atoms with Gasteiger partial charge in [-0.2, -0.15) is 9.67 Å². The van der Waals surface area contributed by atoms with Crippen molar-refractivity contribution in [2.75, 3.05) is 0 Å². The summed E-state index contributed by atoms with van der Waals surface area (Å²) in [4.78, 5) is 7.57. The Balaban J connectivity index is 2.45. The average molecular weight is 162 g/mol. The molecular weight excluding hydrogens is 156 g/mol. The molecule has 0 unspecified atom stereocenters. The lowest BCUT2D eigenvalue weighted by atomic mass is 10.5. The quantitative estimate of drug-likeness (QED) is 0.657. The van der Waals surface area contributed by atoms with Gasteiger partial charge in [0.15, 0.2) is 5.82 Å². The standard InChI is InChI=1S/C7H6N4O/c12-7-9-5-11(10-7)6-3-1-2-4-8-6/h1-5H,(H,10,12). The summed E-state index contributed by atoms with van der Waals surface area (Å²) < 4.78 is 1.40. The van der Waals surface area contributed by atoms with Crippen LogP contribution < -0.4 is 0 Å². The van der Waals surface area contributed by atoms with E-state index in [9.17, 15) is 0 Å². The summed E-state index contributed by atoms with van der Waals surface area (Å²) in [5.74, 6) is 0.630. The molecule has 2 aromatic heterocycles. The molecule has 0 saturated carbocycles. The second kappa shape index (κ2) is 2.61. The first-order valence-corrected chi connectivity index (χ1v) is 3.38. The van der Waals surface area contributed by atoms with Crippen molar-refractivity contribution in [1.29, 1.82) is 0 Å². The third kappa shape index (κ3) is 1.12. The Hall–Kier alpha value is -1.91. The molecule has 0 fully saturated rings. The molecule has 2 rings (SSSR count). The molecular formula is C7H6N4O. The van der Waals surface area contributed by atoms with E-state index >= 15 is 0 Å². The summed E-state index contributed by atoms with van der Waals surface area (Å²) in [6.45, 7) is 0. The molecule has 0 aliphatic rings. The van der Waals surface area contributed by atoms with E-state index in [1.165, 1.54) is 11.0 Å². The topological polar surface area (TPSA) is 63.8 Å². The maximum absolute atomic E-state index is 8.84. The minimum atomic E-state index is -0.249. The molecule has 0 radical (unpaired) electrons. The predicted molar refractivity (Wildman–Crippen MR) is 40.8 cm³/mol. The molecule has 60 valence electrons. The van der Waals surface area contributed by atoms with E-state index in [4.69, 9.17) is 5.11 Å². The van der Waals surface area contributed by atoms with Gasteiger partial charge in [-0.05, 0) is 12.1 Å². The first-order chi connectivity index (χ1) is 5.86. The highest BCUT2D eigenvalue weighted by molar-refractivity contribution is 5.19. The number of hydrogen-bond acceptors (Lipinski definition) is 4. The molecule has 2 heterocycles. The Labute approximate surface area is 68.3 Å². The Morgan fingerprint density at radius 2 is 2.17 bits per heavy atom. The van der Waals surface area contributed by atoms with Crippen LogP contribution in [0.25, 0.3) is 5.82 Å². The van der Waals surface area contributed by atoms with Crippen molar-refractivity contribution in [2.45, 2.75) is 0 Å². The Kier molecular flexibility index (Phi) is 1.48. The number of aromatic nitrogens is 4. The van der Waals surface area contributed by atoms with Crippen LogP contribution in [0.5, 0.6) is 6.01 Å². The average Bonchev–Trinajstić information content (AvgIpc) is 2.54. The van der Waals surface area contributed by atoms with E-state index in [0.29, 0.717) is 5.82 Å². The zero-order valence-electron chi connectivity index (χ0n) is 6.12. The van der Waals surface area contributed by atoms with Crippen LogP contribution in [0.4, 0.5) is 0 Å². The zero-order valence-corrected chi connectivity index (χ0v) is 6.12. The monoisotopic (exact) mass is 162 g/mol. The van der Waals surface area contributed by atoms with Crippen molar-refractivity contribution in [1.82, 2.24) is 19.7 Å². The van der Waals surface area contributed by atoms with Crippen molar-refractivity contribution >= 4 is 0 Å². The Morgan fingerprint density at radius 3 is 2.75 bits per heavy atom. The summed E-state index contributed by atoms with van der Waals surface area (Å²) in [6.07, 6.45) is 3.05. The Morgan fingerprint density at radius 1 is 1.25 bits per heavy atom. The molecule has 0 bridgehead atoms. The molecule has 0 spiro atoms. The van der Waals surface area contributed by atoms with Crippen LogP contribution in [0.15, 0.2) is 30.7 Å². The second-order valence-corrected chi connectivity index (χ2v) is 2.18. The van der Waals surface area contributed by atoms with Gasteiger partial charge in [0.05, 0.1) is 0 Å². The molecule has 0 aliphatic carbocycles. The summed E-state index contributed by atoms with van der Waals surface area (Å²) >= 11 is 0. The summed E-state index contributed by atoms with van der Waals surface area (Å²) in [5, 5.41) is 12.5. The molecule has 0 atom stereocenters. The zero-order chi connectivity index (χ0) is 8.39. The highest BCUT2D eigenvalue weighted by Crippen LogP contribution is 2.02. The van der Waals surface area contributed by atoms with Gasteiger partial charge in [0.1, 0.15) is 6.33 Å². The minimum absolute atomic E-state index is 0.249. The SMILES string of the molecule is Oc1ncn(-c2ccccn2)n1. The maximum Gasteiger partial charge on any atom is 0.333 e. The van der Waals surface area contributed by atoms with Crippen LogP contribution in [-0.2, 0) is 0 Å². The molecule has 1 N–H and O–H groups in total. The maximum atomic E-state index is 8.84. The van der Waals surface area contributed by atoms with Crippen molar-refractivity contribution < 1.29 is 5.11 Å². The van der Waals surface area contributed by atoms with E-state index in [0.717, 1.165) is 0 Å². The van der Waals surface area contributed by atoms with E-state index in [2.05, 4.69) is 15.1 Å². The van der Waals surface area contributed by atoms with Gasteiger partial charge in [-0.25, -0.2) is 4.98 Å². The fourth-order valence-corrected chi connectivity index (χ4v) is 0.854. The van der Waals surface area contributed by atoms with Crippen molar-refractivity contribution in [3.63, 3.8) is 0 Å². The number of nitrogens with zero attached hydrogens (tertiary/aromatic N) is 4. The summed E-state index contributed by atoms with van der Waals surface area (Å²) in [5.41, 5.74) is 0. The molecule has 12 heavy (non-hydrogen) atoms. The molecule has 5 nitrogen and oxygen atoms in total. The number of hydrogen-bond donors (Lipinski definition) is 1. The third-order valence-corrected chi connectivity index (χ3v) is 1.36. The van der Waals surface area contributed by atoms with Gasteiger partial charge in [0, 0.05) is 6.20 Å². The minimum Gasteiger partial charge on any atom is -0.478 e. The highest BCUT2D eigenvalue weighted by Gasteiger charge is 1.99. The predicted octanol–water partition coefficient (Wildman–Crippen LogP) is 0.368.